The van der Waals surface area contributed by atoms with E-state index in [4.69, 9.17) is 8.23 Å². The first-order valence-corrected chi connectivity index (χ1v) is 20.0. The van der Waals surface area contributed by atoms with E-state index in [1.54, 1.807) is 0 Å². The second-order valence-corrected chi connectivity index (χ2v) is 25.6. The Kier molecular flexibility index (Phi) is 9.07. The smallest absolute Gasteiger partial charge is 0.226 e. The molecule has 2 nitrogen and oxygen atoms in total. The van der Waals surface area contributed by atoms with Crippen molar-refractivity contribution < 1.29 is 8.23 Å². The first-order valence-electron chi connectivity index (χ1n) is 7.21. The number of rotatable bonds is 6. The van der Waals surface area contributed by atoms with Gasteiger partial charge >= 0.3 is 0 Å². The molecule has 0 N–H and O–H groups in total. The molecule has 0 heterocycles. The third kappa shape index (κ3) is 16.3. The van der Waals surface area contributed by atoms with E-state index >= 15 is 0 Å². The van der Waals surface area contributed by atoms with Crippen molar-refractivity contribution in [3.63, 3.8) is 0 Å². The molecule has 0 radical (unpaired) electrons. The van der Waals surface area contributed by atoms with Crippen LogP contribution in [0.2, 0.25) is 65.5 Å². The van der Waals surface area contributed by atoms with Crippen molar-refractivity contribution in [2.24, 2.45) is 0 Å². The first kappa shape index (κ1) is 22.5. The predicted molar refractivity (Wildman–Crippen MR) is 104 cm³/mol. The molecule has 0 spiro atoms. The molecule has 0 aromatic carbocycles. The van der Waals surface area contributed by atoms with Gasteiger partial charge in [0.1, 0.15) is 0 Å². The highest BCUT2D eigenvalue weighted by Crippen LogP contribution is 2.15. The van der Waals surface area contributed by atoms with E-state index in [2.05, 4.69) is 78.6 Å². The van der Waals surface area contributed by atoms with Gasteiger partial charge < -0.3 is 8.23 Å². The summed E-state index contributed by atoms with van der Waals surface area (Å²) < 4.78 is 11.9. The molecule has 6 heteroatoms. The molecule has 0 fully saturated rings. The Labute approximate surface area is 131 Å². The summed E-state index contributed by atoms with van der Waals surface area (Å²) in [5, 5.41) is 0. The summed E-state index contributed by atoms with van der Waals surface area (Å²) in [5.41, 5.74) is 3.86. The third-order valence-electron chi connectivity index (χ3n) is 1.95. The van der Waals surface area contributed by atoms with Crippen LogP contribution in [-0.2, 0) is 8.23 Å². The van der Waals surface area contributed by atoms with Gasteiger partial charge in [-0.2, -0.15) is 0 Å². The van der Waals surface area contributed by atoms with E-state index in [-0.39, 0.29) is 0 Å². The van der Waals surface area contributed by atoms with Gasteiger partial charge in [0.05, 0.1) is 0 Å². The molecule has 0 amide bonds. The lowest BCUT2D eigenvalue weighted by Crippen LogP contribution is -2.41. The van der Waals surface area contributed by atoms with Crippen LogP contribution in [0.4, 0.5) is 0 Å². The van der Waals surface area contributed by atoms with Crippen molar-refractivity contribution in [2.75, 3.05) is 0 Å². The molecular weight excluding hydrogens is 312 g/mol. The molecule has 0 atom stereocenters. The van der Waals surface area contributed by atoms with Gasteiger partial charge in [-0.25, -0.2) is 0 Å². The lowest BCUT2D eigenvalue weighted by atomic mass is 11.2. The van der Waals surface area contributed by atoms with Crippen molar-refractivity contribution in [1.29, 1.82) is 0 Å². The minimum absolute atomic E-state index is 1.23. The molecule has 0 unspecified atom stereocenters. The molecule has 0 aliphatic heterocycles. The van der Waals surface area contributed by atoms with E-state index in [0.717, 1.165) is 0 Å². The molecule has 0 rings (SSSR count). The molecule has 0 saturated carbocycles. The van der Waals surface area contributed by atoms with Crippen LogP contribution in [0, 0.1) is 0 Å². The summed E-state index contributed by atoms with van der Waals surface area (Å²) in [6, 6.07) is 0. The highest BCUT2D eigenvalue weighted by Gasteiger charge is 2.28. The average molecular weight is 349 g/mol. The van der Waals surface area contributed by atoms with Gasteiger partial charge in [-0.05, 0) is 65.5 Å². The first-order chi connectivity index (χ1) is 8.54. The number of hydrogen-bond donors (Lipinski definition) is 0. The van der Waals surface area contributed by atoms with Gasteiger partial charge in [0.25, 0.3) is 0 Å². The van der Waals surface area contributed by atoms with Crippen LogP contribution in [0.5, 0.6) is 0 Å². The minimum atomic E-state index is -1.74. The summed E-state index contributed by atoms with van der Waals surface area (Å²) in [5.74, 6) is 0. The van der Waals surface area contributed by atoms with Crippen molar-refractivity contribution in [1.82, 2.24) is 0 Å². The monoisotopic (exact) mass is 348 g/mol. The van der Waals surface area contributed by atoms with Crippen molar-refractivity contribution in [3.05, 3.63) is 24.6 Å². The van der Waals surface area contributed by atoms with E-state index in [1.807, 2.05) is 11.4 Å². The van der Waals surface area contributed by atoms with Gasteiger partial charge in [0.15, 0.2) is 25.0 Å². The maximum atomic E-state index is 5.97. The fraction of sp³-hybridized carbons (Fsp3) is 0.714. The Hall–Kier alpha value is 0.268. The molecule has 0 aromatic rings. The SMILES string of the molecule is C=C[Si](C)(C=C)O[Si](C)(C)C.C[Si](C)(C)O[Si](C)(C)C. The Bertz CT molecular complexity index is 289. The van der Waals surface area contributed by atoms with E-state index in [9.17, 15) is 0 Å². The van der Waals surface area contributed by atoms with Gasteiger partial charge in [0, 0.05) is 0 Å². The lowest BCUT2D eigenvalue weighted by molar-refractivity contribution is 0.559. The van der Waals surface area contributed by atoms with Gasteiger partial charge in [0.2, 0.25) is 8.32 Å². The maximum absolute atomic E-state index is 5.97. The zero-order valence-electron chi connectivity index (χ0n) is 15.4. The highest BCUT2D eigenvalue weighted by atomic mass is 28.4. The van der Waals surface area contributed by atoms with Crippen molar-refractivity contribution >= 4 is 33.3 Å². The maximum Gasteiger partial charge on any atom is 0.226 e. The van der Waals surface area contributed by atoms with Crippen LogP contribution >= 0.6 is 0 Å². The van der Waals surface area contributed by atoms with Gasteiger partial charge in [-0.1, -0.05) is 11.4 Å². The van der Waals surface area contributed by atoms with Crippen LogP contribution < -0.4 is 0 Å². The van der Waals surface area contributed by atoms with E-state index < -0.39 is 33.3 Å². The molecule has 0 aliphatic carbocycles. The molecule has 0 aliphatic rings. The number of hydrogen-bond acceptors (Lipinski definition) is 2. The fourth-order valence-electron chi connectivity index (χ4n) is 1.74. The second kappa shape index (κ2) is 8.05. The molecule has 20 heavy (non-hydrogen) atoms. The Morgan fingerprint density at radius 3 is 0.850 bits per heavy atom. The van der Waals surface area contributed by atoms with Crippen LogP contribution in [-0.4, -0.2) is 33.3 Å². The van der Waals surface area contributed by atoms with Gasteiger partial charge in [-0.15, -0.1) is 13.2 Å². The fourth-order valence-corrected chi connectivity index (χ4v) is 15.2. The topological polar surface area (TPSA) is 18.5 Å². The zero-order valence-corrected chi connectivity index (χ0v) is 19.4. The quantitative estimate of drug-likeness (QED) is 0.587. The predicted octanol–water partition coefficient (Wildman–Crippen LogP) is 5.54. The molecule has 120 valence electrons. The van der Waals surface area contributed by atoms with E-state index in [1.165, 1.54) is 0 Å². The zero-order chi connectivity index (χ0) is 16.8. The Morgan fingerprint density at radius 2 is 0.800 bits per heavy atom. The summed E-state index contributed by atoms with van der Waals surface area (Å²) in [6.07, 6.45) is 0. The van der Waals surface area contributed by atoms with Crippen molar-refractivity contribution in [3.8, 4) is 0 Å². The molecular formula is C14H36O2Si4. The van der Waals surface area contributed by atoms with Crippen molar-refractivity contribution in [2.45, 2.75) is 65.5 Å². The highest BCUT2D eigenvalue weighted by molar-refractivity contribution is 6.90. The standard InChI is InChI=1S/C8H18OSi2.C6H18OSi2/c1-7-11(6,8-2)9-10(3,4)5;1-8(2,3)7-9(4,5)6/h7-8H,1-2H2,3-6H3;1-6H3. The molecule has 0 aromatic heterocycles. The van der Waals surface area contributed by atoms with Gasteiger partial charge in [-0.3, -0.25) is 0 Å². The van der Waals surface area contributed by atoms with Crippen LogP contribution in [0.15, 0.2) is 24.6 Å². The van der Waals surface area contributed by atoms with Crippen LogP contribution in [0.3, 0.4) is 0 Å². The summed E-state index contributed by atoms with van der Waals surface area (Å²) >= 11 is 0. The van der Waals surface area contributed by atoms with Crippen LogP contribution in [0.1, 0.15) is 0 Å². The largest absolute Gasteiger partial charge is 0.456 e. The molecule has 0 bridgehead atoms. The second-order valence-electron chi connectivity index (χ2n) is 8.13. The summed E-state index contributed by atoms with van der Waals surface area (Å²) in [6.45, 7) is 29.7. The average Bonchev–Trinajstić information content (AvgIpc) is 2.10. The summed E-state index contributed by atoms with van der Waals surface area (Å²) in [7, 11) is -5.62. The molecule has 0 saturated heterocycles. The Morgan fingerprint density at radius 1 is 0.550 bits per heavy atom. The minimum Gasteiger partial charge on any atom is -0.456 e. The third-order valence-corrected chi connectivity index (χ3v) is 12.7. The lowest BCUT2D eigenvalue weighted by Gasteiger charge is -2.29. The normalized spacial score (nSPS) is 13.3. The van der Waals surface area contributed by atoms with E-state index in [0.29, 0.717) is 0 Å². The Balaban J connectivity index is 0. The summed E-state index contributed by atoms with van der Waals surface area (Å²) in [4.78, 5) is 0. The van der Waals surface area contributed by atoms with Crippen LogP contribution in [0.25, 0.3) is 0 Å².